The maximum atomic E-state index is 10.5. The highest BCUT2D eigenvalue weighted by Gasteiger charge is 2.22. The summed E-state index contributed by atoms with van der Waals surface area (Å²) in [7, 11) is 2.12. The molecular weight excluding hydrogens is 412 g/mol. The topological polar surface area (TPSA) is 87.1 Å². The largest absolute Gasteiger partial charge is 0.506 e. The zero-order chi connectivity index (χ0) is 19.1. The van der Waals surface area contributed by atoms with E-state index in [0.717, 1.165) is 51.9 Å². The first kappa shape index (κ1) is 17.9. The van der Waals surface area contributed by atoms with Crippen LogP contribution in [0, 0.1) is 0 Å². The second-order valence-electron chi connectivity index (χ2n) is 6.72. The summed E-state index contributed by atoms with van der Waals surface area (Å²) in [6, 6.07) is 2.23. The molecule has 7 nitrogen and oxygen atoms in total. The molecule has 144 valence electrons. The van der Waals surface area contributed by atoms with Crippen LogP contribution in [-0.2, 0) is 0 Å². The molecule has 0 saturated carbocycles. The zero-order valence-corrected chi connectivity index (χ0v) is 17.6. The summed E-state index contributed by atoms with van der Waals surface area (Å²) in [4.78, 5) is 18.0. The minimum Gasteiger partial charge on any atom is -0.506 e. The summed E-state index contributed by atoms with van der Waals surface area (Å²) < 4.78 is 4.09. The van der Waals surface area contributed by atoms with Gasteiger partial charge in [0.15, 0.2) is 14.8 Å². The van der Waals surface area contributed by atoms with Crippen LogP contribution in [0.2, 0.25) is 0 Å². The van der Waals surface area contributed by atoms with Crippen molar-refractivity contribution in [3.63, 3.8) is 0 Å². The van der Waals surface area contributed by atoms with E-state index in [0.29, 0.717) is 16.7 Å². The molecule has 0 aromatic carbocycles. The summed E-state index contributed by atoms with van der Waals surface area (Å²) in [5.74, 6) is 0.122. The normalized spacial score (nSPS) is 15.3. The van der Waals surface area contributed by atoms with Gasteiger partial charge in [-0.25, -0.2) is 19.3 Å². The first-order valence-corrected chi connectivity index (χ1v) is 11.5. The van der Waals surface area contributed by atoms with Gasteiger partial charge in [0.25, 0.3) is 0 Å². The average Bonchev–Trinajstić information content (AvgIpc) is 3.44. The smallest absolute Gasteiger partial charge is 0.188 e. The Morgan fingerprint density at radius 3 is 2.64 bits per heavy atom. The molecule has 0 unspecified atom stereocenters. The third kappa shape index (κ3) is 3.26. The number of thiazole rings is 2. The highest BCUT2D eigenvalue weighted by molar-refractivity contribution is 7.29. The number of nitrogens with one attached hydrogen (secondary N) is 1. The van der Waals surface area contributed by atoms with Gasteiger partial charge < -0.3 is 15.3 Å². The number of aromatic nitrogens is 4. The maximum Gasteiger partial charge on any atom is 0.188 e. The Morgan fingerprint density at radius 2 is 1.93 bits per heavy atom. The average molecular weight is 431 g/mol. The number of anilines is 1. The van der Waals surface area contributed by atoms with E-state index in [-0.39, 0.29) is 5.75 Å². The van der Waals surface area contributed by atoms with Crippen LogP contribution in [0.4, 0.5) is 5.13 Å². The Balaban J connectivity index is 1.42. The van der Waals surface area contributed by atoms with Crippen LogP contribution in [0.3, 0.4) is 0 Å². The number of nitrogens with zero attached hydrogens (tertiary/aromatic N) is 5. The number of hydrogen-bond acceptors (Lipinski definition) is 10. The quantitative estimate of drug-likeness (QED) is 0.509. The van der Waals surface area contributed by atoms with Gasteiger partial charge in [0, 0.05) is 42.0 Å². The molecule has 5 rings (SSSR count). The van der Waals surface area contributed by atoms with Crippen molar-refractivity contribution in [3.05, 3.63) is 23.8 Å². The third-order valence-corrected chi connectivity index (χ3v) is 7.67. The SMILES string of the molecule is CN(c1nc2sc(-c3ncc(-c4cnsc4)cc3O)nc2s1)C1CCNCC1. The minimum absolute atomic E-state index is 0.122. The summed E-state index contributed by atoms with van der Waals surface area (Å²) in [6.45, 7) is 2.11. The number of pyridine rings is 1. The van der Waals surface area contributed by atoms with Crippen molar-refractivity contribution in [3.8, 4) is 27.6 Å². The minimum atomic E-state index is 0.122. The Labute approximate surface area is 173 Å². The van der Waals surface area contributed by atoms with Crippen LogP contribution in [0.1, 0.15) is 12.8 Å². The molecule has 1 saturated heterocycles. The molecule has 0 aliphatic carbocycles. The molecule has 2 N–H and O–H groups in total. The van der Waals surface area contributed by atoms with E-state index in [1.165, 1.54) is 22.9 Å². The molecule has 0 spiro atoms. The molecule has 0 amide bonds. The van der Waals surface area contributed by atoms with Crippen molar-refractivity contribution in [2.24, 2.45) is 0 Å². The lowest BCUT2D eigenvalue weighted by Gasteiger charge is -2.31. The molecule has 1 fully saturated rings. The van der Waals surface area contributed by atoms with Crippen molar-refractivity contribution >= 4 is 49.0 Å². The lowest BCUT2D eigenvalue weighted by Crippen LogP contribution is -2.41. The molecule has 4 aromatic rings. The Kier molecular flexibility index (Phi) is 4.71. The second kappa shape index (κ2) is 7.36. The Bertz CT molecular complexity index is 1070. The highest BCUT2D eigenvalue weighted by Crippen LogP contribution is 2.39. The van der Waals surface area contributed by atoms with Gasteiger partial charge >= 0.3 is 0 Å². The third-order valence-electron chi connectivity index (χ3n) is 4.96. The molecule has 10 heteroatoms. The molecule has 0 atom stereocenters. The van der Waals surface area contributed by atoms with Crippen LogP contribution in [0.15, 0.2) is 23.8 Å². The predicted octanol–water partition coefficient (Wildman–Crippen LogP) is 3.83. The van der Waals surface area contributed by atoms with Crippen molar-refractivity contribution in [1.82, 2.24) is 24.6 Å². The van der Waals surface area contributed by atoms with Gasteiger partial charge in [0.2, 0.25) is 0 Å². The molecule has 1 aliphatic heterocycles. The van der Waals surface area contributed by atoms with Gasteiger partial charge in [-0.3, -0.25) is 0 Å². The fourth-order valence-electron chi connectivity index (χ4n) is 3.36. The molecule has 0 bridgehead atoms. The summed E-state index contributed by atoms with van der Waals surface area (Å²) in [5.41, 5.74) is 2.29. The molecule has 0 radical (unpaired) electrons. The van der Waals surface area contributed by atoms with E-state index in [4.69, 9.17) is 4.98 Å². The predicted molar refractivity (Wildman–Crippen MR) is 116 cm³/mol. The van der Waals surface area contributed by atoms with Crippen molar-refractivity contribution in [2.45, 2.75) is 18.9 Å². The van der Waals surface area contributed by atoms with Crippen LogP contribution in [0.5, 0.6) is 5.75 Å². The van der Waals surface area contributed by atoms with Gasteiger partial charge in [-0.1, -0.05) is 22.7 Å². The van der Waals surface area contributed by atoms with E-state index in [9.17, 15) is 5.11 Å². The van der Waals surface area contributed by atoms with Gasteiger partial charge in [-0.2, -0.15) is 0 Å². The Morgan fingerprint density at radius 1 is 1.11 bits per heavy atom. The van der Waals surface area contributed by atoms with Crippen LogP contribution >= 0.6 is 34.2 Å². The van der Waals surface area contributed by atoms with Crippen LogP contribution in [-0.4, -0.2) is 50.6 Å². The van der Waals surface area contributed by atoms with Crippen molar-refractivity contribution in [1.29, 1.82) is 0 Å². The molecule has 1 aliphatic rings. The highest BCUT2D eigenvalue weighted by atomic mass is 32.1. The standard InChI is InChI=1S/C18H18N6OS3/c1-24(12-2-4-19-5-3-12)18-23-17-16(28-18)22-15(27-17)14-13(25)6-10(7-20-14)11-8-21-26-9-11/h6-9,12,19,25H,2-5H2,1H3. The zero-order valence-electron chi connectivity index (χ0n) is 15.1. The lowest BCUT2D eigenvalue weighted by molar-refractivity contribution is 0.443. The van der Waals surface area contributed by atoms with Crippen molar-refractivity contribution < 1.29 is 5.11 Å². The molecular formula is C18H18N6OS3. The number of aromatic hydroxyl groups is 1. The van der Waals surface area contributed by atoms with Crippen LogP contribution in [0.25, 0.3) is 31.5 Å². The van der Waals surface area contributed by atoms with E-state index < -0.39 is 0 Å². The van der Waals surface area contributed by atoms with E-state index in [2.05, 4.69) is 31.6 Å². The monoisotopic (exact) mass is 430 g/mol. The van der Waals surface area contributed by atoms with Gasteiger partial charge in [0.1, 0.15) is 16.5 Å². The van der Waals surface area contributed by atoms with Gasteiger partial charge in [-0.05, 0) is 43.5 Å². The summed E-state index contributed by atoms with van der Waals surface area (Å²) in [5, 5.41) is 17.5. The molecule has 28 heavy (non-hydrogen) atoms. The van der Waals surface area contributed by atoms with Crippen LogP contribution < -0.4 is 10.2 Å². The number of fused-ring (bicyclic) bond motifs is 1. The van der Waals surface area contributed by atoms with E-state index in [1.54, 1.807) is 29.8 Å². The maximum absolute atomic E-state index is 10.5. The fraction of sp³-hybridized carbons (Fsp3) is 0.333. The first-order valence-electron chi connectivity index (χ1n) is 8.99. The number of hydrogen-bond donors (Lipinski definition) is 2. The second-order valence-corrected chi connectivity index (χ2v) is 9.31. The Hall–Kier alpha value is -2.14. The van der Waals surface area contributed by atoms with E-state index in [1.807, 2.05) is 5.38 Å². The van der Waals surface area contributed by atoms with Gasteiger partial charge in [0.05, 0.1) is 0 Å². The molecule has 4 aromatic heterocycles. The number of piperidine rings is 1. The lowest BCUT2D eigenvalue weighted by atomic mass is 10.1. The van der Waals surface area contributed by atoms with E-state index >= 15 is 0 Å². The number of rotatable bonds is 4. The fourth-order valence-corrected chi connectivity index (χ4v) is 5.98. The van der Waals surface area contributed by atoms with Crippen molar-refractivity contribution in [2.75, 3.05) is 25.0 Å². The summed E-state index contributed by atoms with van der Waals surface area (Å²) in [6.07, 6.45) is 5.78. The first-order chi connectivity index (χ1) is 13.7. The molecule has 5 heterocycles. The summed E-state index contributed by atoms with van der Waals surface area (Å²) >= 11 is 4.44. The van der Waals surface area contributed by atoms with Gasteiger partial charge in [-0.15, -0.1) is 0 Å².